The van der Waals surface area contributed by atoms with Crippen LogP contribution in [-0.2, 0) is 11.3 Å². The molecule has 2 aromatic rings. The summed E-state index contributed by atoms with van der Waals surface area (Å²) in [5.41, 5.74) is 1.51. The first kappa shape index (κ1) is 13.4. The monoisotopic (exact) mass is 301 g/mol. The van der Waals surface area contributed by atoms with Crippen molar-refractivity contribution in [1.82, 2.24) is 29.9 Å². The molecule has 116 valence electrons. The number of aromatic nitrogens is 5. The zero-order chi connectivity index (χ0) is 15.1. The van der Waals surface area contributed by atoms with Crippen LogP contribution >= 0.6 is 0 Å². The molecule has 4 rings (SSSR count). The maximum atomic E-state index is 12.1. The molecule has 0 N–H and O–H groups in total. The number of fused-ring (bicyclic) bond motifs is 1. The maximum absolute atomic E-state index is 12.1. The fourth-order valence-electron chi connectivity index (χ4n) is 2.95. The lowest BCUT2D eigenvalue weighted by atomic mass is 10.2. The van der Waals surface area contributed by atoms with Crippen molar-refractivity contribution in [2.45, 2.75) is 26.3 Å². The molecule has 1 amide bonds. The standard InChI is InChI=1S/C14H19N7O/c1-2-21-13-11(17-18-21)12(15-9-16-13)19-5-7-20(8-6-19)14(22)10-3-4-10/h9-10H,2-8H2,1H3. The van der Waals surface area contributed by atoms with Crippen molar-refractivity contribution < 1.29 is 4.79 Å². The maximum Gasteiger partial charge on any atom is 0.225 e. The summed E-state index contributed by atoms with van der Waals surface area (Å²) in [6.07, 6.45) is 3.69. The van der Waals surface area contributed by atoms with Gasteiger partial charge < -0.3 is 9.80 Å². The fourth-order valence-corrected chi connectivity index (χ4v) is 2.95. The lowest BCUT2D eigenvalue weighted by Crippen LogP contribution is -2.49. The molecular formula is C14H19N7O. The summed E-state index contributed by atoms with van der Waals surface area (Å²) >= 11 is 0. The summed E-state index contributed by atoms with van der Waals surface area (Å²) < 4.78 is 1.77. The SMILES string of the molecule is CCn1nnc2c(N3CCN(C(=O)C4CC4)CC3)ncnc21. The molecule has 3 heterocycles. The minimum Gasteiger partial charge on any atom is -0.351 e. The zero-order valence-corrected chi connectivity index (χ0v) is 12.6. The number of hydrogen-bond donors (Lipinski definition) is 0. The Morgan fingerprint density at radius 1 is 1.23 bits per heavy atom. The molecule has 8 heteroatoms. The molecule has 0 radical (unpaired) electrons. The van der Waals surface area contributed by atoms with Gasteiger partial charge in [-0.25, -0.2) is 14.6 Å². The van der Waals surface area contributed by atoms with E-state index in [-0.39, 0.29) is 0 Å². The van der Waals surface area contributed by atoms with Crippen LogP contribution in [0.1, 0.15) is 19.8 Å². The van der Waals surface area contributed by atoms with Gasteiger partial charge in [0.1, 0.15) is 6.33 Å². The predicted octanol–water partition coefficient (Wildman–Crippen LogP) is 0.300. The first-order valence-corrected chi connectivity index (χ1v) is 7.86. The highest BCUT2D eigenvalue weighted by Crippen LogP contribution is 2.31. The van der Waals surface area contributed by atoms with Crippen molar-refractivity contribution in [2.24, 2.45) is 5.92 Å². The highest BCUT2D eigenvalue weighted by Gasteiger charge is 2.35. The molecule has 1 aliphatic carbocycles. The fraction of sp³-hybridized carbons (Fsp3) is 0.643. The number of nitrogens with zero attached hydrogens (tertiary/aromatic N) is 7. The first-order chi connectivity index (χ1) is 10.8. The Morgan fingerprint density at radius 3 is 2.68 bits per heavy atom. The molecule has 0 aromatic carbocycles. The van der Waals surface area contributed by atoms with Gasteiger partial charge in [-0.15, -0.1) is 5.10 Å². The Hall–Kier alpha value is -2.25. The zero-order valence-electron chi connectivity index (χ0n) is 12.6. The minimum atomic E-state index is 0.293. The summed E-state index contributed by atoms with van der Waals surface area (Å²) in [7, 11) is 0. The lowest BCUT2D eigenvalue weighted by molar-refractivity contribution is -0.132. The van der Waals surface area contributed by atoms with Gasteiger partial charge >= 0.3 is 0 Å². The second-order valence-electron chi connectivity index (χ2n) is 5.86. The molecule has 2 aromatic heterocycles. The average Bonchev–Trinajstić information content (AvgIpc) is 3.33. The van der Waals surface area contributed by atoms with E-state index in [1.54, 1.807) is 11.0 Å². The van der Waals surface area contributed by atoms with E-state index in [0.29, 0.717) is 11.8 Å². The van der Waals surface area contributed by atoms with E-state index in [9.17, 15) is 4.79 Å². The summed E-state index contributed by atoms with van der Waals surface area (Å²) in [6.45, 7) is 5.81. The van der Waals surface area contributed by atoms with Gasteiger partial charge in [-0.2, -0.15) is 0 Å². The number of carbonyl (C=O) groups is 1. The van der Waals surface area contributed by atoms with Crippen molar-refractivity contribution in [3.63, 3.8) is 0 Å². The average molecular weight is 301 g/mol. The van der Waals surface area contributed by atoms with E-state index in [1.807, 2.05) is 11.8 Å². The quantitative estimate of drug-likeness (QED) is 0.811. The first-order valence-electron chi connectivity index (χ1n) is 7.86. The van der Waals surface area contributed by atoms with Gasteiger partial charge in [0.25, 0.3) is 0 Å². The third-order valence-electron chi connectivity index (χ3n) is 4.40. The molecular weight excluding hydrogens is 282 g/mol. The number of piperazine rings is 1. The van der Waals surface area contributed by atoms with E-state index in [0.717, 1.165) is 62.5 Å². The Labute approximate surface area is 128 Å². The number of amides is 1. The predicted molar refractivity (Wildman–Crippen MR) is 80.3 cm³/mol. The normalized spacial score (nSPS) is 19.0. The molecule has 8 nitrogen and oxygen atoms in total. The molecule has 0 spiro atoms. The molecule has 1 aliphatic heterocycles. The number of rotatable bonds is 3. The minimum absolute atomic E-state index is 0.293. The number of hydrogen-bond acceptors (Lipinski definition) is 6. The Morgan fingerprint density at radius 2 is 2.00 bits per heavy atom. The molecule has 2 fully saturated rings. The van der Waals surface area contributed by atoms with Crippen LogP contribution in [0.3, 0.4) is 0 Å². The van der Waals surface area contributed by atoms with E-state index < -0.39 is 0 Å². The summed E-state index contributed by atoms with van der Waals surface area (Å²) in [5, 5.41) is 8.34. The molecule has 0 bridgehead atoms. The summed E-state index contributed by atoms with van der Waals surface area (Å²) in [6, 6.07) is 0. The summed E-state index contributed by atoms with van der Waals surface area (Å²) in [4.78, 5) is 24.9. The van der Waals surface area contributed by atoms with E-state index in [4.69, 9.17) is 0 Å². The van der Waals surface area contributed by atoms with Crippen LogP contribution in [0.15, 0.2) is 6.33 Å². The Kier molecular flexibility index (Phi) is 3.16. The second kappa shape index (κ2) is 5.19. The molecule has 1 saturated heterocycles. The van der Waals surface area contributed by atoms with Crippen LogP contribution in [0, 0.1) is 5.92 Å². The van der Waals surface area contributed by atoms with Gasteiger partial charge in [0.05, 0.1) is 0 Å². The van der Waals surface area contributed by atoms with Gasteiger partial charge in [0.2, 0.25) is 5.91 Å². The Bertz CT molecular complexity index is 700. The van der Waals surface area contributed by atoms with Crippen LogP contribution < -0.4 is 4.90 Å². The van der Waals surface area contributed by atoms with Gasteiger partial charge in [0.15, 0.2) is 17.0 Å². The molecule has 22 heavy (non-hydrogen) atoms. The van der Waals surface area contributed by atoms with Crippen molar-refractivity contribution in [2.75, 3.05) is 31.1 Å². The largest absolute Gasteiger partial charge is 0.351 e. The Balaban J connectivity index is 1.53. The van der Waals surface area contributed by atoms with Crippen molar-refractivity contribution in [3.8, 4) is 0 Å². The highest BCUT2D eigenvalue weighted by atomic mass is 16.2. The van der Waals surface area contributed by atoms with Crippen LogP contribution in [0.4, 0.5) is 5.82 Å². The van der Waals surface area contributed by atoms with Gasteiger partial charge in [-0.05, 0) is 19.8 Å². The third kappa shape index (κ3) is 2.18. The van der Waals surface area contributed by atoms with Crippen LogP contribution in [0.25, 0.3) is 11.2 Å². The smallest absolute Gasteiger partial charge is 0.225 e. The third-order valence-corrected chi connectivity index (χ3v) is 4.40. The number of carbonyl (C=O) groups excluding carboxylic acids is 1. The summed E-state index contributed by atoms with van der Waals surface area (Å²) in [5.74, 6) is 1.44. The molecule has 2 aliphatic rings. The van der Waals surface area contributed by atoms with E-state index in [2.05, 4.69) is 25.2 Å². The van der Waals surface area contributed by atoms with Crippen LogP contribution in [0.2, 0.25) is 0 Å². The molecule has 1 saturated carbocycles. The second-order valence-corrected chi connectivity index (χ2v) is 5.86. The van der Waals surface area contributed by atoms with Crippen LogP contribution in [-0.4, -0.2) is 61.9 Å². The number of anilines is 1. The lowest BCUT2D eigenvalue weighted by Gasteiger charge is -2.35. The molecule has 0 unspecified atom stereocenters. The van der Waals surface area contributed by atoms with Crippen molar-refractivity contribution in [1.29, 1.82) is 0 Å². The van der Waals surface area contributed by atoms with E-state index >= 15 is 0 Å². The van der Waals surface area contributed by atoms with Crippen LogP contribution in [0.5, 0.6) is 0 Å². The van der Waals surface area contributed by atoms with Gasteiger partial charge in [-0.1, -0.05) is 5.21 Å². The van der Waals surface area contributed by atoms with Crippen molar-refractivity contribution >= 4 is 22.9 Å². The van der Waals surface area contributed by atoms with E-state index in [1.165, 1.54) is 0 Å². The number of aryl methyl sites for hydroxylation is 1. The highest BCUT2D eigenvalue weighted by molar-refractivity contribution is 5.83. The van der Waals surface area contributed by atoms with Gasteiger partial charge in [-0.3, -0.25) is 4.79 Å². The van der Waals surface area contributed by atoms with Gasteiger partial charge in [0, 0.05) is 38.6 Å². The van der Waals surface area contributed by atoms with Crippen molar-refractivity contribution in [3.05, 3.63) is 6.33 Å². The topological polar surface area (TPSA) is 80.0 Å². The molecule has 0 atom stereocenters.